The molecule has 0 aliphatic heterocycles. The second-order valence-corrected chi connectivity index (χ2v) is 6.15. The van der Waals surface area contributed by atoms with Gasteiger partial charge in [0.1, 0.15) is 6.54 Å². The third-order valence-electron chi connectivity index (χ3n) is 4.09. The van der Waals surface area contributed by atoms with E-state index in [1.165, 1.54) is 20.4 Å². The molecule has 3 aromatic rings. The molecule has 0 aliphatic rings. The average Bonchev–Trinajstić information content (AvgIpc) is 2.68. The number of benzene rings is 2. The summed E-state index contributed by atoms with van der Waals surface area (Å²) in [5.41, 5.74) is 0.355. The molecule has 2 aromatic carbocycles. The van der Waals surface area contributed by atoms with Gasteiger partial charge in [-0.3, -0.25) is 9.59 Å². The highest BCUT2D eigenvalue weighted by atomic mass is 35.5. The minimum Gasteiger partial charge on any atom is -0.493 e. The summed E-state index contributed by atoms with van der Waals surface area (Å²) < 4.78 is 11.7. The molecular weight excluding hydrogens is 370 g/mol. The average molecular weight is 388 g/mol. The molecular formula is C19H18ClN3O4. The Labute approximate surface area is 160 Å². The number of nitrogens with zero attached hydrogens (tertiary/aromatic N) is 2. The van der Waals surface area contributed by atoms with E-state index in [2.05, 4.69) is 10.4 Å². The van der Waals surface area contributed by atoms with E-state index in [1.54, 1.807) is 18.2 Å². The van der Waals surface area contributed by atoms with E-state index >= 15 is 0 Å². The lowest BCUT2D eigenvalue weighted by Gasteiger charge is -2.12. The highest BCUT2D eigenvalue weighted by molar-refractivity contribution is 6.31. The van der Waals surface area contributed by atoms with Crippen molar-refractivity contribution in [2.75, 3.05) is 14.2 Å². The van der Waals surface area contributed by atoms with Gasteiger partial charge in [-0.2, -0.15) is 5.10 Å². The molecule has 0 aliphatic carbocycles. The van der Waals surface area contributed by atoms with Crippen LogP contribution in [0.3, 0.4) is 0 Å². The number of aromatic nitrogens is 2. The van der Waals surface area contributed by atoms with Crippen molar-refractivity contribution in [3.63, 3.8) is 0 Å². The summed E-state index contributed by atoms with van der Waals surface area (Å²) in [6.07, 6.45) is 1.51. The molecule has 140 valence electrons. The molecule has 1 heterocycles. The highest BCUT2D eigenvalue weighted by Gasteiger charge is 2.16. The maximum atomic E-state index is 12.8. The van der Waals surface area contributed by atoms with E-state index in [0.29, 0.717) is 27.3 Å². The minimum absolute atomic E-state index is 0.223. The van der Waals surface area contributed by atoms with Gasteiger partial charge in [0.25, 0.3) is 5.56 Å². The number of nitrogens with one attached hydrogen (secondary N) is 1. The predicted octanol–water partition coefficient (Wildman–Crippen LogP) is 2.38. The number of fused-ring (bicyclic) bond motifs is 1. The van der Waals surface area contributed by atoms with Crippen molar-refractivity contribution >= 4 is 28.3 Å². The number of carbonyl (C=O) groups excluding carboxylic acids is 1. The Morgan fingerprint density at radius 1 is 1.19 bits per heavy atom. The van der Waals surface area contributed by atoms with Gasteiger partial charge < -0.3 is 14.8 Å². The lowest BCUT2D eigenvalue weighted by molar-refractivity contribution is -0.122. The van der Waals surface area contributed by atoms with Crippen LogP contribution in [-0.4, -0.2) is 29.9 Å². The van der Waals surface area contributed by atoms with Crippen LogP contribution in [0.1, 0.15) is 5.56 Å². The molecule has 1 aromatic heterocycles. The van der Waals surface area contributed by atoms with Crippen LogP contribution in [0.25, 0.3) is 10.8 Å². The van der Waals surface area contributed by atoms with Crippen molar-refractivity contribution in [2.24, 2.45) is 0 Å². The van der Waals surface area contributed by atoms with Gasteiger partial charge in [-0.1, -0.05) is 29.8 Å². The standard InChI is InChI=1S/C19H18ClN3O4/c1-26-15-8-7-13-10-22-23(19(25)17(13)18(15)27-2)11-16(24)21-9-12-5-3-4-6-14(12)20/h3-8,10H,9,11H2,1-2H3,(H,21,24). The largest absolute Gasteiger partial charge is 0.493 e. The van der Waals surface area contributed by atoms with Crippen molar-refractivity contribution in [1.82, 2.24) is 15.1 Å². The topological polar surface area (TPSA) is 82.5 Å². The van der Waals surface area contributed by atoms with Crippen molar-refractivity contribution < 1.29 is 14.3 Å². The first-order valence-electron chi connectivity index (χ1n) is 8.16. The van der Waals surface area contributed by atoms with Crippen LogP contribution in [0.2, 0.25) is 5.02 Å². The third kappa shape index (κ3) is 3.88. The summed E-state index contributed by atoms with van der Waals surface area (Å²) in [5.74, 6) is 0.390. The molecule has 8 heteroatoms. The van der Waals surface area contributed by atoms with E-state index in [-0.39, 0.29) is 19.0 Å². The Hall–Kier alpha value is -3.06. The number of carbonyl (C=O) groups is 1. The Morgan fingerprint density at radius 3 is 2.67 bits per heavy atom. The quantitative estimate of drug-likeness (QED) is 0.702. The van der Waals surface area contributed by atoms with Gasteiger partial charge in [0.15, 0.2) is 11.5 Å². The molecule has 0 saturated carbocycles. The van der Waals surface area contributed by atoms with Crippen molar-refractivity contribution in [2.45, 2.75) is 13.1 Å². The van der Waals surface area contributed by atoms with E-state index in [1.807, 2.05) is 18.2 Å². The fraction of sp³-hybridized carbons (Fsp3) is 0.211. The van der Waals surface area contributed by atoms with E-state index < -0.39 is 5.56 Å². The Kier molecular flexibility index (Phi) is 5.61. The molecule has 1 N–H and O–H groups in total. The number of methoxy groups -OCH3 is 2. The Morgan fingerprint density at radius 2 is 1.96 bits per heavy atom. The highest BCUT2D eigenvalue weighted by Crippen LogP contribution is 2.32. The molecule has 0 saturated heterocycles. The first-order valence-corrected chi connectivity index (χ1v) is 8.54. The van der Waals surface area contributed by atoms with Gasteiger partial charge in [0.05, 0.1) is 25.8 Å². The first kappa shape index (κ1) is 18.7. The van der Waals surface area contributed by atoms with Crippen LogP contribution >= 0.6 is 11.6 Å². The Bertz CT molecular complexity index is 1050. The van der Waals surface area contributed by atoms with E-state index in [9.17, 15) is 9.59 Å². The Balaban J connectivity index is 1.84. The maximum Gasteiger partial charge on any atom is 0.279 e. The number of hydrogen-bond acceptors (Lipinski definition) is 5. The number of hydrogen-bond donors (Lipinski definition) is 1. The molecule has 0 unspecified atom stereocenters. The van der Waals surface area contributed by atoms with Crippen molar-refractivity contribution in [3.8, 4) is 11.5 Å². The first-order chi connectivity index (χ1) is 13.0. The zero-order valence-corrected chi connectivity index (χ0v) is 15.6. The summed E-state index contributed by atoms with van der Waals surface area (Å²) in [6, 6.07) is 10.6. The molecule has 0 spiro atoms. The summed E-state index contributed by atoms with van der Waals surface area (Å²) in [6.45, 7) is 0.0393. The number of rotatable bonds is 6. The SMILES string of the molecule is COc1ccc2cnn(CC(=O)NCc3ccccc3Cl)c(=O)c2c1OC. The maximum absolute atomic E-state index is 12.8. The van der Waals surface area contributed by atoms with E-state index in [4.69, 9.17) is 21.1 Å². The number of halogens is 1. The van der Waals surface area contributed by atoms with E-state index in [0.717, 1.165) is 10.2 Å². The fourth-order valence-electron chi connectivity index (χ4n) is 2.72. The molecule has 0 atom stereocenters. The van der Waals surface area contributed by atoms with Crippen LogP contribution in [0.15, 0.2) is 47.4 Å². The van der Waals surface area contributed by atoms with Gasteiger partial charge in [-0.05, 0) is 23.8 Å². The van der Waals surface area contributed by atoms with Gasteiger partial charge >= 0.3 is 0 Å². The van der Waals surface area contributed by atoms with Crippen molar-refractivity contribution in [3.05, 3.63) is 63.5 Å². The summed E-state index contributed by atoms with van der Waals surface area (Å²) >= 11 is 6.08. The molecule has 0 radical (unpaired) electrons. The molecule has 7 nitrogen and oxygen atoms in total. The van der Waals surface area contributed by atoms with Crippen molar-refractivity contribution in [1.29, 1.82) is 0 Å². The monoisotopic (exact) mass is 387 g/mol. The van der Waals surface area contributed by atoms with Gasteiger partial charge in [-0.25, -0.2) is 4.68 Å². The van der Waals surface area contributed by atoms with Crippen LogP contribution in [0.5, 0.6) is 11.5 Å². The molecule has 0 fully saturated rings. The van der Waals surface area contributed by atoms with Crippen LogP contribution < -0.4 is 20.3 Å². The smallest absolute Gasteiger partial charge is 0.279 e. The van der Waals surface area contributed by atoms with Crippen LogP contribution in [-0.2, 0) is 17.9 Å². The summed E-state index contributed by atoms with van der Waals surface area (Å²) in [7, 11) is 2.95. The summed E-state index contributed by atoms with van der Waals surface area (Å²) in [4.78, 5) is 25.1. The summed E-state index contributed by atoms with van der Waals surface area (Å²) in [5, 5.41) is 8.28. The number of ether oxygens (including phenoxy) is 2. The number of amides is 1. The lowest BCUT2D eigenvalue weighted by atomic mass is 10.1. The lowest BCUT2D eigenvalue weighted by Crippen LogP contribution is -2.33. The van der Waals surface area contributed by atoms with Gasteiger partial charge in [0, 0.05) is 17.0 Å². The minimum atomic E-state index is -0.434. The zero-order chi connectivity index (χ0) is 19.4. The third-order valence-corrected chi connectivity index (χ3v) is 4.46. The van der Waals surface area contributed by atoms with Gasteiger partial charge in [0.2, 0.25) is 5.91 Å². The zero-order valence-electron chi connectivity index (χ0n) is 14.9. The second kappa shape index (κ2) is 8.09. The van der Waals surface area contributed by atoms with Crippen LogP contribution in [0, 0.1) is 0 Å². The normalized spacial score (nSPS) is 10.6. The molecule has 3 rings (SSSR count). The predicted molar refractivity (Wildman–Crippen MR) is 102 cm³/mol. The molecule has 1 amide bonds. The molecule has 27 heavy (non-hydrogen) atoms. The fourth-order valence-corrected chi connectivity index (χ4v) is 2.93. The van der Waals surface area contributed by atoms with Crippen LogP contribution in [0.4, 0.5) is 0 Å². The van der Waals surface area contributed by atoms with Gasteiger partial charge in [-0.15, -0.1) is 0 Å². The second-order valence-electron chi connectivity index (χ2n) is 5.74. The molecule has 0 bridgehead atoms.